The number of nitrogens with one attached hydrogen (secondary N) is 1. The maximum absolute atomic E-state index is 14.4. The quantitative estimate of drug-likeness (QED) is 0.356. The van der Waals surface area contributed by atoms with E-state index in [2.05, 4.69) is 16.4 Å². The number of benzene rings is 3. The van der Waals surface area contributed by atoms with Gasteiger partial charge in [0, 0.05) is 5.69 Å². The largest absolute Gasteiger partial charge is 0.325 e. The number of nitrogens with zero attached hydrogens (tertiary/aromatic N) is 2. The number of rotatable bonds is 5. The van der Waals surface area contributed by atoms with E-state index in [1.807, 2.05) is 18.2 Å². The number of carbonyl (C=O) groups is 1. The molecule has 0 atom stereocenters. The minimum Gasteiger partial charge on any atom is -0.325 e. The van der Waals surface area contributed by atoms with Crippen molar-refractivity contribution in [1.82, 2.24) is 9.55 Å². The summed E-state index contributed by atoms with van der Waals surface area (Å²) in [5, 5.41) is 3.27. The summed E-state index contributed by atoms with van der Waals surface area (Å²) < 4.78 is 15.8. The lowest BCUT2D eigenvalue weighted by atomic mass is 10.1. The number of fused-ring (bicyclic) bond motifs is 2. The van der Waals surface area contributed by atoms with Gasteiger partial charge in [-0.15, -0.1) is 0 Å². The number of para-hydroxylation sites is 1. The second kappa shape index (κ2) is 8.59. The Kier molecular flexibility index (Phi) is 5.49. The van der Waals surface area contributed by atoms with Gasteiger partial charge < -0.3 is 5.32 Å². The molecule has 1 amide bonds. The lowest BCUT2D eigenvalue weighted by Gasteiger charge is -2.14. The Morgan fingerprint density at radius 3 is 2.69 bits per heavy atom. The van der Waals surface area contributed by atoms with Crippen LogP contribution in [0.3, 0.4) is 0 Å². The van der Waals surface area contributed by atoms with E-state index in [0.717, 1.165) is 36.7 Å². The van der Waals surface area contributed by atoms with Gasteiger partial charge in [0.1, 0.15) is 11.2 Å². The third-order valence-corrected chi connectivity index (χ3v) is 6.52. The highest BCUT2D eigenvalue weighted by atomic mass is 32.2. The minimum absolute atomic E-state index is 0.0648. The second-order valence-electron chi connectivity index (χ2n) is 7.64. The summed E-state index contributed by atoms with van der Waals surface area (Å²) in [4.78, 5) is 30.4. The first kappa shape index (κ1) is 20.5. The molecule has 160 valence electrons. The van der Waals surface area contributed by atoms with Crippen LogP contribution in [-0.2, 0) is 17.6 Å². The molecule has 1 heterocycles. The first-order valence-corrected chi connectivity index (χ1v) is 11.4. The fraction of sp³-hybridized carbons (Fsp3) is 0.160. The average molecular weight is 446 g/mol. The van der Waals surface area contributed by atoms with Crippen molar-refractivity contribution >= 4 is 34.3 Å². The molecule has 1 aromatic heterocycles. The van der Waals surface area contributed by atoms with Gasteiger partial charge in [-0.05, 0) is 60.7 Å². The molecule has 0 radical (unpaired) electrons. The van der Waals surface area contributed by atoms with Crippen molar-refractivity contribution in [2.75, 3.05) is 11.1 Å². The molecule has 1 aliphatic carbocycles. The van der Waals surface area contributed by atoms with Gasteiger partial charge in [0.2, 0.25) is 5.91 Å². The van der Waals surface area contributed by atoms with Gasteiger partial charge in [0.15, 0.2) is 5.16 Å². The lowest BCUT2D eigenvalue weighted by molar-refractivity contribution is -0.113. The molecule has 1 N–H and O–H groups in total. The molecule has 0 spiro atoms. The van der Waals surface area contributed by atoms with Crippen molar-refractivity contribution in [3.63, 3.8) is 0 Å². The molecule has 0 aliphatic heterocycles. The van der Waals surface area contributed by atoms with E-state index in [9.17, 15) is 14.0 Å². The van der Waals surface area contributed by atoms with E-state index in [0.29, 0.717) is 10.8 Å². The van der Waals surface area contributed by atoms with Crippen LogP contribution in [0.2, 0.25) is 0 Å². The van der Waals surface area contributed by atoms with Crippen LogP contribution in [0.25, 0.3) is 16.6 Å². The number of aryl methyl sites for hydroxylation is 1. The summed E-state index contributed by atoms with van der Waals surface area (Å²) in [5.41, 5.74) is 3.67. The van der Waals surface area contributed by atoms with Gasteiger partial charge in [0.25, 0.3) is 5.56 Å². The molecule has 3 aromatic carbocycles. The molecule has 4 aromatic rings. The Bertz CT molecular complexity index is 1390. The van der Waals surface area contributed by atoms with E-state index in [1.54, 1.807) is 30.3 Å². The van der Waals surface area contributed by atoms with E-state index in [-0.39, 0.29) is 22.6 Å². The maximum Gasteiger partial charge on any atom is 0.269 e. The molecule has 1 aliphatic rings. The van der Waals surface area contributed by atoms with Gasteiger partial charge in [0.05, 0.1) is 17.0 Å². The summed E-state index contributed by atoms with van der Waals surface area (Å²) >= 11 is 1.15. The highest BCUT2D eigenvalue weighted by Crippen LogP contribution is 2.29. The number of halogens is 1. The monoisotopic (exact) mass is 445 g/mol. The molecule has 0 saturated carbocycles. The molecule has 5 rings (SSSR count). The van der Waals surface area contributed by atoms with Crippen molar-refractivity contribution in [3.05, 3.63) is 94.0 Å². The first-order chi connectivity index (χ1) is 15.6. The smallest absolute Gasteiger partial charge is 0.269 e. The summed E-state index contributed by atoms with van der Waals surface area (Å²) in [6.45, 7) is 0. The summed E-state index contributed by atoms with van der Waals surface area (Å²) in [5.74, 6) is -0.718. The van der Waals surface area contributed by atoms with E-state index >= 15 is 0 Å². The molecule has 32 heavy (non-hydrogen) atoms. The zero-order valence-electron chi connectivity index (χ0n) is 17.2. The van der Waals surface area contributed by atoms with Crippen molar-refractivity contribution in [2.24, 2.45) is 0 Å². The molecule has 5 nitrogen and oxygen atoms in total. The molecule has 0 fully saturated rings. The zero-order valence-corrected chi connectivity index (χ0v) is 18.0. The third-order valence-electron chi connectivity index (χ3n) is 5.58. The molecule has 0 unspecified atom stereocenters. The number of aromatic nitrogens is 2. The molecule has 7 heteroatoms. The van der Waals surface area contributed by atoms with Crippen molar-refractivity contribution in [2.45, 2.75) is 24.4 Å². The Labute approximate surface area is 188 Å². The normalized spacial score (nSPS) is 12.7. The fourth-order valence-corrected chi connectivity index (χ4v) is 4.94. The van der Waals surface area contributed by atoms with Gasteiger partial charge in [-0.25, -0.2) is 9.37 Å². The highest BCUT2D eigenvalue weighted by molar-refractivity contribution is 7.99. The Hall–Kier alpha value is -3.45. The Morgan fingerprint density at radius 2 is 1.84 bits per heavy atom. The van der Waals surface area contributed by atoms with Gasteiger partial charge in [-0.1, -0.05) is 48.2 Å². The predicted octanol–water partition coefficient (Wildman–Crippen LogP) is 4.74. The van der Waals surface area contributed by atoms with Crippen LogP contribution in [0.5, 0.6) is 0 Å². The number of hydrogen-bond donors (Lipinski definition) is 1. The van der Waals surface area contributed by atoms with Gasteiger partial charge in [-0.3, -0.25) is 14.2 Å². The third kappa shape index (κ3) is 3.80. The maximum atomic E-state index is 14.4. The fourth-order valence-electron chi connectivity index (χ4n) is 4.12. The van der Waals surface area contributed by atoms with E-state index < -0.39 is 11.4 Å². The average Bonchev–Trinajstić information content (AvgIpc) is 3.28. The van der Waals surface area contributed by atoms with Crippen molar-refractivity contribution < 1.29 is 9.18 Å². The van der Waals surface area contributed by atoms with Crippen LogP contribution in [0.1, 0.15) is 17.5 Å². The van der Waals surface area contributed by atoms with E-state index in [4.69, 9.17) is 0 Å². The van der Waals surface area contributed by atoms with Crippen LogP contribution in [0.15, 0.2) is 76.7 Å². The highest BCUT2D eigenvalue weighted by Gasteiger charge is 2.19. The summed E-state index contributed by atoms with van der Waals surface area (Å²) in [6.07, 6.45) is 3.09. The molecule has 0 bridgehead atoms. The van der Waals surface area contributed by atoms with Crippen LogP contribution in [-0.4, -0.2) is 21.2 Å². The number of thioether (sulfide) groups is 1. The molecular formula is C25H20FN3O2S. The number of hydrogen-bond acceptors (Lipinski definition) is 4. The summed E-state index contributed by atoms with van der Waals surface area (Å²) in [7, 11) is 0. The predicted molar refractivity (Wildman–Crippen MR) is 125 cm³/mol. The minimum atomic E-state index is -0.614. The van der Waals surface area contributed by atoms with Crippen LogP contribution < -0.4 is 10.9 Å². The number of carbonyl (C=O) groups excluding carboxylic acids is 1. The molecular weight excluding hydrogens is 425 g/mol. The second-order valence-corrected chi connectivity index (χ2v) is 8.58. The SMILES string of the molecule is O=C(CSc1nc2cccc(F)c2c(=O)n1-c1ccccc1)Nc1cccc2c1CCC2. The Morgan fingerprint density at radius 1 is 1.03 bits per heavy atom. The molecule has 0 saturated heterocycles. The number of amides is 1. The van der Waals surface area contributed by atoms with E-state index in [1.165, 1.54) is 27.8 Å². The van der Waals surface area contributed by atoms with Crippen molar-refractivity contribution in [1.29, 1.82) is 0 Å². The zero-order chi connectivity index (χ0) is 22.1. The van der Waals surface area contributed by atoms with Crippen LogP contribution >= 0.6 is 11.8 Å². The summed E-state index contributed by atoms with van der Waals surface area (Å²) in [6, 6.07) is 19.3. The van der Waals surface area contributed by atoms with Gasteiger partial charge in [-0.2, -0.15) is 0 Å². The lowest BCUT2D eigenvalue weighted by Crippen LogP contribution is -2.23. The standard InChI is InChI=1S/C25H20FN3O2S/c26-19-12-6-14-21-23(19)24(31)29(17-9-2-1-3-10-17)25(28-21)32-15-22(30)27-20-13-5-8-16-7-4-11-18(16)20/h1-3,5-6,8-10,12-14H,4,7,11,15H2,(H,27,30). The van der Waals surface area contributed by atoms with Gasteiger partial charge >= 0.3 is 0 Å². The topological polar surface area (TPSA) is 64.0 Å². The number of anilines is 1. The van der Waals surface area contributed by atoms with Crippen molar-refractivity contribution in [3.8, 4) is 5.69 Å². The Balaban J connectivity index is 1.47. The van der Waals surface area contributed by atoms with Crippen LogP contribution in [0, 0.1) is 5.82 Å². The first-order valence-electron chi connectivity index (χ1n) is 10.4. The van der Waals surface area contributed by atoms with Crippen LogP contribution in [0.4, 0.5) is 10.1 Å².